The molecule has 0 amide bonds. The lowest BCUT2D eigenvalue weighted by atomic mass is 10.2. The predicted molar refractivity (Wildman–Crippen MR) is 102 cm³/mol. The van der Waals surface area contributed by atoms with Crippen LogP contribution in [0.2, 0.25) is 0 Å². The zero-order valence-corrected chi connectivity index (χ0v) is 15.3. The minimum absolute atomic E-state index is 0. The molecule has 0 saturated carbocycles. The van der Waals surface area contributed by atoms with Gasteiger partial charge in [-0.1, -0.05) is 35.5 Å². The van der Waals surface area contributed by atoms with Crippen LogP contribution in [-0.2, 0) is 6.54 Å². The number of aliphatic imine (C=N–C) groups is 1. The van der Waals surface area contributed by atoms with E-state index in [2.05, 4.69) is 15.0 Å². The van der Waals surface area contributed by atoms with Crippen molar-refractivity contribution >= 4 is 41.7 Å². The van der Waals surface area contributed by atoms with Gasteiger partial charge in [0.1, 0.15) is 5.69 Å². The fraction of sp³-hybridized carbons (Fsp3) is 0.333. The van der Waals surface area contributed by atoms with Crippen molar-refractivity contribution in [1.82, 2.24) is 10.1 Å². The van der Waals surface area contributed by atoms with E-state index < -0.39 is 0 Å². The first-order chi connectivity index (χ1) is 10.3. The molecule has 22 heavy (non-hydrogen) atoms. The quantitative estimate of drug-likeness (QED) is 0.461. The third-order valence-corrected chi connectivity index (χ3v) is 4.30. The molecular weight excluding hydrogens is 411 g/mol. The Morgan fingerprint density at radius 2 is 2.00 bits per heavy atom. The molecule has 2 aromatic rings. The van der Waals surface area contributed by atoms with E-state index in [0.29, 0.717) is 12.5 Å². The van der Waals surface area contributed by atoms with Crippen molar-refractivity contribution < 1.29 is 4.52 Å². The van der Waals surface area contributed by atoms with Crippen molar-refractivity contribution in [3.63, 3.8) is 0 Å². The summed E-state index contributed by atoms with van der Waals surface area (Å²) in [6.45, 7) is 2.38. The number of thioether (sulfide) groups is 1. The Bertz CT molecular complexity index is 611. The lowest BCUT2D eigenvalue weighted by molar-refractivity contribution is 0.423. The van der Waals surface area contributed by atoms with E-state index >= 15 is 0 Å². The maximum absolute atomic E-state index is 6.02. The molecule has 0 unspecified atom stereocenters. The van der Waals surface area contributed by atoms with Gasteiger partial charge >= 0.3 is 0 Å². The van der Waals surface area contributed by atoms with E-state index in [9.17, 15) is 0 Å². The molecule has 1 aliphatic heterocycles. The van der Waals surface area contributed by atoms with Gasteiger partial charge in [-0.05, 0) is 0 Å². The van der Waals surface area contributed by atoms with Gasteiger partial charge in [0.15, 0.2) is 11.7 Å². The van der Waals surface area contributed by atoms with Crippen molar-refractivity contribution in [2.75, 3.05) is 24.6 Å². The number of nitrogens with two attached hydrogens (primary N) is 1. The second-order valence-corrected chi connectivity index (χ2v) is 6.05. The molecule has 0 aliphatic carbocycles. The van der Waals surface area contributed by atoms with Gasteiger partial charge in [0.25, 0.3) is 0 Å². The topological polar surface area (TPSA) is 67.6 Å². The monoisotopic (exact) mass is 430 g/mol. The average Bonchev–Trinajstić information content (AvgIpc) is 3.03. The summed E-state index contributed by atoms with van der Waals surface area (Å²) in [5, 5.41) is 4.05. The minimum Gasteiger partial charge on any atom is -0.370 e. The Morgan fingerprint density at radius 1 is 1.27 bits per heavy atom. The van der Waals surface area contributed by atoms with Gasteiger partial charge in [-0.25, -0.2) is 4.99 Å². The zero-order valence-electron chi connectivity index (χ0n) is 12.1. The highest BCUT2D eigenvalue weighted by molar-refractivity contribution is 14.0. The predicted octanol–water partition coefficient (Wildman–Crippen LogP) is 2.82. The molecule has 3 rings (SSSR count). The summed E-state index contributed by atoms with van der Waals surface area (Å²) in [6.07, 6.45) is 0. The molecule has 118 valence electrons. The normalized spacial score (nSPS) is 15.5. The second kappa shape index (κ2) is 8.42. The standard InChI is InChI=1S/C15H18N4OS.HI/c16-15(19-6-8-21-9-7-19)17-11-13-10-14(20-18-13)12-4-2-1-3-5-12;/h1-5,10H,6-9,11H2,(H2,16,17);1H. The Kier molecular flexibility index (Phi) is 6.56. The van der Waals surface area contributed by atoms with E-state index in [1.165, 1.54) is 0 Å². The number of aromatic nitrogens is 1. The first-order valence-corrected chi connectivity index (χ1v) is 8.12. The summed E-state index contributed by atoms with van der Waals surface area (Å²) < 4.78 is 5.35. The molecule has 0 spiro atoms. The number of halogens is 1. The van der Waals surface area contributed by atoms with Gasteiger partial charge in [-0.15, -0.1) is 24.0 Å². The van der Waals surface area contributed by atoms with Gasteiger partial charge in [-0.3, -0.25) is 0 Å². The maximum atomic E-state index is 6.02. The molecular formula is C15H19IN4OS. The van der Waals surface area contributed by atoms with E-state index in [0.717, 1.165) is 41.6 Å². The van der Waals surface area contributed by atoms with Gasteiger partial charge in [-0.2, -0.15) is 11.8 Å². The van der Waals surface area contributed by atoms with Crippen LogP contribution in [0.3, 0.4) is 0 Å². The smallest absolute Gasteiger partial charge is 0.191 e. The van der Waals surface area contributed by atoms with Crippen molar-refractivity contribution in [3.05, 3.63) is 42.1 Å². The molecule has 1 aromatic carbocycles. The van der Waals surface area contributed by atoms with Crippen LogP contribution >= 0.6 is 35.7 Å². The van der Waals surface area contributed by atoms with E-state index in [4.69, 9.17) is 10.3 Å². The van der Waals surface area contributed by atoms with Crippen molar-refractivity contribution in [2.45, 2.75) is 6.54 Å². The molecule has 0 bridgehead atoms. The Balaban J connectivity index is 0.00000176. The summed E-state index contributed by atoms with van der Waals surface area (Å²) in [4.78, 5) is 6.53. The average molecular weight is 430 g/mol. The summed E-state index contributed by atoms with van der Waals surface area (Å²) in [6, 6.07) is 11.8. The molecule has 1 aromatic heterocycles. The van der Waals surface area contributed by atoms with Crippen LogP contribution in [0.25, 0.3) is 11.3 Å². The lowest BCUT2D eigenvalue weighted by Crippen LogP contribution is -2.42. The highest BCUT2D eigenvalue weighted by atomic mass is 127. The highest BCUT2D eigenvalue weighted by Crippen LogP contribution is 2.20. The summed E-state index contributed by atoms with van der Waals surface area (Å²) in [5.74, 6) is 3.57. The Labute approximate surface area is 151 Å². The largest absolute Gasteiger partial charge is 0.370 e. The van der Waals surface area contributed by atoms with Crippen LogP contribution in [-0.4, -0.2) is 40.6 Å². The third kappa shape index (κ3) is 4.39. The molecule has 2 N–H and O–H groups in total. The second-order valence-electron chi connectivity index (χ2n) is 4.82. The number of rotatable bonds is 3. The molecule has 1 aliphatic rings. The van der Waals surface area contributed by atoms with E-state index in [1.54, 1.807) is 0 Å². The molecule has 1 saturated heterocycles. The lowest BCUT2D eigenvalue weighted by Gasteiger charge is -2.27. The maximum Gasteiger partial charge on any atom is 0.191 e. The zero-order chi connectivity index (χ0) is 14.5. The summed E-state index contributed by atoms with van der Waals surface area (Å²) >= 11 is 1.95. The van der Waals surface area contributed by atoms with Crippen LogP contribution in [0, 0.1) is 0 Å². The van der Waals surface area contributed by atoms with Crippen molar-refractivity contribution in [2.24, 2.45) is 10.7 Å². The van der Waals surface area contributed by atoms with Gasteiger partial charge in [0.05, 0.1) is 6.54 Å². The number of nitrogens with zero attached hydrogens (tertiary/aromatic N) is 3. The van der Waals surface area contributed by atoms with Gasteiger partial charge in [0.2, 0.25) is 0 Å². The molecule has 1 fully saturated rings. The van der Waals surface area contributed by atoms with Crippen LogP contribution in [0.5, 0.6) is 0 Å². The number of guanidine groups is 1. The van der Waals surface area contributed by atoms with Gasteiger partial charge < -0.3 is 15.2 Å². The van der Waals surface area contributed by atoms with Crippen molar-refractivity contribution in [1.29, 1.82) is 0 Å². The third-order valence-electron chi connectivity index (χ3n) is 3.36. The molecule has 2 heterocycles. The van der Waals surface area contributed by atoms with Gasteiger partial charge in [0, 0.05) is 36.2 Å². The highest BCUT2D eigenvalue weighted by Gasteiger charge is 2.12. The number of hydrogen-bond acceptors (Lipinski definition) is 4. The SMILES string of the molecule is I.NC(=NCc1cc(-c2ccccc2)on1)N1CCSCC1. The van der Waals surface area contributed by atoms with E-state index in [-0.39, 0.29) is 24.0 Å². The summed E-state index contributed by atoms with van der Waals surface area (Å²) in [5.41, 5.74) is 7.83. The van der Waals surface area contributed by atoms with E-state index in [1.807, 2.05) is 48.2 Å². The van der Waals surface area contributed by atoms with Crippen molar-refractivity contribution in [3.8, 4) is 11.3 Å². The minimum atomic E-state index is 0. The summed E-state index contributed by atoms with van der Waals surface area (Å²) in [7, 11) is 0. The first-order valence-electron chi connectivity index (χ1n) is 6.96. The van der Waals surface area contributed by atoms with Crippen LogP contribution in [0.4, 0.5) is 0 Å². The Morgan fingerprint density at radius 3 is 2.73 bits per heavy atom. The molecule has 7 heteroatoms. The van der Waals surface area contributed by atoms with Crippen LogP contribution in [0.1, 0.15) is 5.69 Å². The fourth-order valence-corrected chi connectivity index (χ4v) is 3.08. The number of hydrogen-bond donors (Lipinski definition) is 1. The fourth-order valence-electron chi connectivity index (χ4n) is 2.18. The van der Waals surface area contributed by atoms with Crippen LogP contribution in [0.15, 0.2) is 45.9 Å². The molecule has 5 nitrogen and oxygen atoms in total. The molecule has 0 atom stereocenters. The van der Waals surface area contributed by atoms with Crippen LogP contribution < -0.4 is 5.73 Å². The number of benzene rings is 1. The first kappa shape index (κ1) is 17.1. The Hall–Kier alpha value is -1.22. The molecule has 0 radical (unpaired) electrons.